The number of halogens is 1. The molecule has 2 heterocycles. The van der Waals surface area contributed by atoms with Crippen molar-refractivity contribution in [2.75, 3.05) is 6.61 Å². The molecule has 0 unspecified atom stereocenters. The normalized spacial score (nSPS) is 48.6. The minimum Gasteiger partial charge on any atom is -0.387 e. The summed E-state index contributed by atoms with van der Waals surface area (Å²) in [7, 11) is 0. The fraction of sp³-hybridized carbons (Fsp3) is 1.00. The Bertz CT molecular complexity index is 258. The van der Waals surface area contributed by atoms with Crippen LogP contribution in [0.4, 0.5) is 4.39 Å². The molecule has 0 radical (unpaired) electrons. The van der Waals surface area contributed by atoms with Gasteiger partial charge < -0.3 is 14.6 Å². The Balaban J connectivity index is 2.21. The highest BCUT2D eigenvalue weighted by Gasteiger charge is 2.50. The van der Waals surface area contributed by atoms with Crippen molar-refractivity contribution in [2.24, 2.45) is 5.11 Å². The maximum atomic E-state index is 13.3. The van der Waals surface area contributed by atoms with Crippen LogP contribution in [0.15, 0.2) is 5.11 Å². The lowest BCUT2D eigenvalue weighted by Crippen LogP contribution is -2.50. The summed E-state index contributed by atoms with van der Waals surface area (Å²) in [6.45, 7) is 0.143. The molecule has 2 bridgehead atoms. The zero-order valence-corrected chi connectivity index (χ0v) is 6.58. The minimum atomic E-state index is -1.61. The van der Waals surface area contributed by atoms with Crippen LogP contribution >= 0.6 is 0 Å². The largest absolute Gasteiger partial charge is 0.387 e. The van der Waals surface area contributed by atoms with Crippen LogP contribution in [0.5, 0.6) is 0 Å². The van der Waals surface area contributed by atoms with Crippen molar-refractivity contribution in [3.8, 4) is 0 Å². The van der Waals surface area contributed by atoms with E-state index >= 15 is 0 Å². The molecule has 0 aromatic rings. The predicted molar refractivity (Wildman–Crippen MR) is 38.4 cm³/mol. The molecule has 2 fully saturated rings. The van der Waals surface area contributed by atoms with E-state index in [4.69, 9.17) is 15.0 Å². The van der Waals surface area contributed by atoms with Crippen LogP contribution in [0.2, 0.25) is 0 Å². The Labute approximate surface area is 72.9 Å². The van der Waals surface area contributed by atoms with Crippen LogP contribution in [-0.4, -0.2) is 42.4 Å². The minimum absolute atomic E-state index is 0.143. The zero-order chi connectivity index (χ0) is 9.42. The van der Waals surface area contributed by atoms with E-state index in [1.54, 1.807) is 0 Å². The van der Waals surface area contributed by atoms with Gasteiger partial charge in [-0.15, -0.1) is 0 Å². The van der Waals surface area contributed by atoms with Gasteiger partial charge in [-0.05, 0) is 5.53 Å². The molecule has 2 aliphatic heterocycles. The van der Waals surface area contributed by atoms with Crippen molar-refractivity contribution in [1.82, 2.24) is 0 Å². The standard InChI is InChI=1S/C6H8FN3O3/c7-3-4(9-10-8)6-12-1-2(13-6)5(3)11/h2-6,11H,1H2/t2-,3-,4-,5+,6-/m1/s1. The first-order chi connectivity index (χ1) is 6.24. The quantitative estimate of drug-likeness (QED) is 0.361. The summed E-state index contributed by atoms with van der Waals surface area (Å²) in [4.78, 5) is 2.47. The van der Waals surface area contributed by atoms with Gasteiger partial charge in [-0.1, -0.05) is 5.11 Å². The van der Waals surface area contributed by atoms with E-state index in [9.17, 15) is 9.50 Å². The van der Waals surface area contributed by atoms with Crippen LogP contribution in [-0.2, 0) is 9.47 Å². The van der Waals surface area contributed by atoms with Crippen molar-refractivity contribution < 1.29 is 19.0 Å². The van der Waals surface area contributed by atoms with Gasteiger partial charge in [0.2, 0.25) is 0 Å². The summed E-state index contributed by atoms with van der Waals surface area (Å²) < 4.78 is 23.4. The fourth-order valence-electron chi connectivity index (χ4n) is 1.53. The molecule has 0 aromatic heterocycles. The summed E-state index contributed by atoms with van der Waals surface area (Å²) >= 11 is 0. The SMILES string of the molecule is [N-]=[N+]=N[C@H]1[C@@H]2OC[C@@H](O2)[C@H](O)[C@@H]1F. The summed E-state index contributed by atoms with van der Waals surface area (Å²) in [5.74, 6) is 0. The molecule has 0 amide bonds. The molecular formula is C6H8FN3O3. The summed E-state index contributed by atoms with van der Waals surface area (Å²) in [5, 5.41) is 12.5. The molecule has 6 nitrogen and oxygen atoms in total. The number of ether oxygens (including phenoxy) is 2. The second-order valence-corrected chi connectivity index (χ2v) is 3.01. The number of alkyl halides is 1. The number of fused-ring (bicyclic) bond motifs is 2. The van der Waals surface area contributed by atoms with E-state index in [0.29, 0.717) is 0 Å². The highest BCUT2D eigenvalue weighted by Crippen LogP contribution is 2.31. The van der Waals surface area contributed by atoms with Gasteiger partial charge in [-0.2, -0.15) is 0 Å². The highest BCUT2D eigenvalue weighted by atomic mass is 19.1. The topological polar surface area (TPSA) is 87.5 Å². The second kappa shape index (κ2) is 3.12. The molecular weight excluding hydrogens is 181 g/mol. The molecule has 1 N–H and O–H groups in total. The van der Waals surface area contributed by atoms with Crippen molar-refractivity contribution >= 4 is 0 Å². The number of aliphatic hydroxyl groups is 1. The summed E-state index contributed by atoms with van der Waals surface area (Å²) in [5.41, 5.74) is 8.15. The second-order valence-electron chi connectivity index (χ2n) is 3.01. The van der Waals surface area contributed by atoms with Crippen LogP contribution in [0, 0.1) is 0 Å². The molecule has 0 aliphatic carbocycles. The third kappa shape index (κ3) is 1.26. The molecule has 0 spiro atoms. The van der Waals surface area contributed by atoms with Crippen LogP contribution in [0.3, 0.4) is 0 Å². The van der Waals surface area contributed by atoms with Gasteiger partial charge in [0.15, 0.2) is 6.29 Å². The average Bonchev–Trinajstić information content (AvgIpc) is 2.56. The van der Waals surface area contributed by atoms with Gasteiger partial charge in [-0.3, -0.25) is 0 Å². The maximum Gasteiger partial charge on any atom is 0.169 e. The lowest BCUT2D eigenvalue weighted by atomic mass is 10.0. The zero-order valence-electron chi connectivity index (χ0n) is 6.58. The molecule has 7 heteroatoms. The predicted octanol–water partition coefficient (Wildman–Crippen LogP) is 0.119. The van der Waals surface area contributed by atoms with Crippen LogP contribution in [0.1, 0.15) is 0 Å². The number of rotatable bonds is 1. The molecule has 2 aliphatic rings. The molecule has 0 aromatic carbocycles. The first-order valence-electron chi connectivity index (χ1n) is 3.87. The Kier molecular flexibility index (Phi) is 2.09. The molecule has 2 rings (SSSR count). The van der Waals surface area contributed by atoms with Crippen molar-refractivity contribution in [1.29, 1.82) is 0 Å². The molecule has 0 saturated carbocycles. The molecule has 72 valence electrons. The van der Waals surface area contributed by atoms with E-state index in [1.807, 2.05) is 0 Å². The number of azide groups is 1. The van der Waals surface area contributed by atoms with Crippen molar-refractivity contribution in [3.63, 3.8) is 0 Å². The summed E-state index contributed by atoms with van der Waals surface area (Å²) in [6, 6.07) is -1.08. The molecule has 2 saturated heterocycles. The van der Waals surface area contributed by atoms with Crippen LogP contribution < -0.4 is 0 Å². The van der Waals surface area contributed by atoms with Gasteiger partial charge in [0.25, 0.3) is 0 Å². The fourth-order valence-corrected chi connectivity index (χ4v) is 1.53. The Morgan fingerprint density at radius 2 is 2.38 bits per heavy atom. The third-order valence-corrected chi connectivity index (χ3v) is 2.23. The highest BCUT2D eigenvalue weighted by molar-refractivity contribution is 4.97. The smallest absolute Gasteiger partial charge is 0.169 e. The lowest BCUT2D eigenvalue weighted by molar-refractivity contribution is -0.160. The number of hydrogen-bond donors (Lipinski definition) is 1. The van der Waals surface area contributed by atoms with Crippen molar-refractivity contribution in [3.05, 3.63) is 10.4 Å². The van der Waals surface area contributed by atoms with E-state index in [1.165, 1.54) is 0 Å². The molecule has 5 atom stereocenters. The third-order valence-electron chi connectivity index (χ3n) is 2.23. The number of aliphatic hydroxyl groups excluding tert-OH is 1. The average molecular weight is 189 g/mol. The van der Waals surface area contributed by atoms with E-state index in [0.717, 1.165) is 0 Å². The van der Waals surface area contributed by atoms with Gasteiger partial charge in [0.05, 0.1) is 6.61 Å². The monoisotopic (exact) mass is 189 g/mol. The van der Waals surface area contributed by atoms with Gasteiger partial charge in [-0.25, -0.2) is 4.39 Å². The first-order valence-corrected chi connectivity index (χ1v) is 3.87. The van der Waals surface area contributed by atoms with Gasteiger partial charge in [0, 0.05) is 4.91 Å². The maximum absolute atomic E-state index is 13.3. The van der Waals surface area contributed by atoms with E-state index in [2.05, 4.69) is 10.0 Å². The summed E-state index contributed by atoms with van der Waals surface area (Å²) in [6.07, 6.45) is -4.36. The Morgan fingerprint density at radius 3 is 3.08 bits per heavy atom. The first kappa shape index (κ1) is 8.71. The number of nitrogens with zero attached hydrogens (tertiary/aromatic N) is 3. The Hall–Kier alpha value is -0.880. The van der Waals surface area contributed by atoms with Gasteiger partial charge in [0.1, 0.15) is 24.4 Å². The lowest BCUT2D eigenvalue weighted by Gasteiger charge is -2.31. The van der Waals surface area contributed by atoms with Crippen molar-refractivity contribution in [2.45, 2.75) is 30.7 Å². The van der Waals surface area contributed by atoms with E-state index < -0.39 is 30.7 Å². The van der Waals surface area contributed by atoms with Gasteiger partial charge >= 0.3 is 0 Å². The number of hydrogen-bond acceptors (Lipinski definition) is 4. The van der Waals surface area contributed by atoms with E-state index in [-0.39, 0.29) is 6.61 Å². The Morgan fingerprint density at radius 1 is 1.62 bits per heavy atom. The van der Waals surface area contributed by atoms with Crippen LogP contribution in [0.25, 0.3) is 10.4 Å². The molecule has 13 heavy (non-hydrogen) atoms.